The molecular formula is C13H12N2O. The summed E-state index contributed by atoms with van der Waals surface area (Å²) >= 11 is 0. The maximum atomic E-state index is 10.6. The van der Waals surface area contributed by atoms with Crippen molar-refractivity contribution in [1.29, 1.82) is 0 Å². The second-order valence-electron chi connectivity index (χ2n) is 3.38. The van der Waals surface area contributed by atoms with Crippen molar-refractivity contribution in [1.82, 2.24) is 10.3 Å². The van der Waals surface area contributed by atoms with Crippen molar-refractivity contribution in [3.63, 3.8) is 0 Å². The maximum absolute atomic E-state index is 10.6. The molecule has 1 atom stereocenters. The maximum Gasteiger partial charge on any atom is 0.207 e. The number of benzene rings is 1. The number of carbonyl (C=O) groups is 1. The lowest BCUT2D eigenvalue weighted by atomic mass is 10.0. The van der Waals surface area contributed by atoms with Gasteiger partial charge in [0.25, 0.3) is 0 Å². The largest absolute Gasteiger partial charge is 0.346 e. The van der Waals surface area contributed by atoms with Crippen LogP contribution < -0.4 is 5.32 Å². The summed E-state index contributed by atoms with van der Waals surface area (Å²) in [5.74, 6) is 0. The van der Waals surface area contributed by atoms with Crippen LogP contribution in [0.4, 0.5) is 0 Å². The molecule has 1 aromatic carbocycles. The van der Waals surface area contributed by atoms with Crippen LogP contribution in [0.3, 0.4) is 0 Å². The van der Waals surface area contributed by atoms with Crippen LogP contribution in [0, 0.1) is 0 Å². The number of aromatic nitrogens is 1. The van der Waals surface area contributed by atoms with Gasteiger partial charge in [0.05, 0.1) is 11.7 Å². The summed E-state index contributed by atoms with van der Waals surface area (Å²) in [6.45, 7) is 0. The molecule has 0 saturated heterocycles. The first kappa shape index (κ1) is 10.4. The van der Waals surface area contributed by atoms with E-state index in [1.165, 1.54) is 0 Å². The van der Waals surface area contributed by atoms with Crippen LogP contribution in [-0.4, -0.2) is 11.4 Å². The number of nitrogens with one attached hydrogen (secondary N) is 1. The molecule has 3 nitrogen and oxygen atoms in total. The number of nitrogens with zero attached hydrogens (tertiary/aromatic N) is 1. The van der Waals surface area contributed by atoms with Crippen molar-refractivity contribution in [2.45, 2.75) is 6.04 Å². The number of amides is 1. The predicted molar refractivity (Wildman–Crippen MR) is 61.7 cm³/mol. The van der Waals surface area contributed by atoms with Gasteiger partial charge >= 0.3 is 0 Å². The highest BCUT2D eigenvalue weighted by atomic mass is 16.1. The summed E-state index contributed by atoms with van der Waals surface area (Å²) in [4.78, 5) is 14.9. The Morgan fingerprint density at radius 2 is 1.81 bits per heavy atom. The Hall–Kier alpha value is -2.16. The quantitative estimate of drug-likeness (QED) is 0.787. The Balaban J connectivity index is 2.35. The van der Waals surface area contributed by atoms with Gasteiger partial charge in [0, 0.05) is 6.20 Å². The zero-order valence-electron chi connectivity index (χ0n) is 8.71. The molecule has 0 aliphatic heterocycles. The van der Waals surface area contributed by atoms with Gasteiger partial charge in [-0.15, -0.1) is 0 Å². The van der Waals surface area contributed by atoms with E-state index in [0.717, 1.165) is 11.3 Å². The number of hydrogen-bond donors (Lipinski definition) is 1. The molecule has 16 heavy (non-hydrogen) atoms. The average molecular weight is 212 g/mol. The van der Waals surface area contributed by atoms with Crippen molar-refractivity contribution in [3.8, 4) is 0 Å². The highest BCUT2D eigenvalue weighted by Gasteiger charge is 2.12. The van der Waals surface area contributed by atoms with E-state index in [2.05, 4.69) is 10.3 Å². The van der Waals surface area contributed by atoms with E-state index in [1.807, 2.05) is 48.5 Å². The van der Waals surface area contributed by atoms with E-state index in [1.54, 1.807) is 6.20 Å². The molecule has 2 rings (SSSR count). The summed E-state index contributed by atoms with van der Waals surface area (Å²) in [6, 6.07) is 15.2. The molecule has 0 bridgehead atoms. The minimum Gasteiger partial charge on any atom is -0.346 e. The summed E-state index contributed by atoms with van der Waals surface area (Å²) in [7, 11) is 0. The molecule has 2 aromatic rings. The highest BCUT2D eigenvalue weighted by Crippen LogP contribution is 2.18. The minimum atomic E-state index is -0.181. The molecule has 1 N–H and O–H groups in total. The molecule has 0 spiro atoms. The molecule has 3 heteroatoms. The first-order chi connectivity index (χ1) is 7.92. The van der Waals surface area contributed by atoms with Crippen LogP contribution >= 0.6 is 0 Å². The first-order valence-electron chi connectivity index (χ1n) is 5.07. The van der Waals surface area contributed by atoms with E-state index >= 15 is 0 Å². The number of hydrogen-bond acceptors (Lipinski definition) is 2. The van der Waals surface area contributed by atoms with Crippen molar-refractivity contribution < 1.29 is 4.79 Å². The lowest BCUT2D eigenvalue weighted by Crippen LogP contribution is -2.21. The third kappa shape index (κ3) is 2.25. The highest BCUT2D eigenvalue weighted by molar-refractivity contribution is 5.49. The third-order valence-corrected chi connectivity index (χ3v) is 2.35. The lowest BCUT2D eigenvalue weighted by Gasteiger charge is -2.15. The number of carbonyl (C=O) groups excluding carboxylic acids is 1. The third-order valence-electron chi connectivity index (χ3n) is 2.35. The van der Waals surface area contributed by atoms with Gasteiger partial charge in [-0.2, -0.15) is 0 Å². The summed E-state index contributed by atoms with van der Waals surface area (Å²) in [6.07, 6.45) is 2.42. The minimum absolute atomic E-state index is 0.181. The van der Waals surface area contributed by atoms with Crippen LogP contribution in [0.5, 0.6) is 0 Å². The van der Waals surface area contributed by atoms with E-state index < -0.39 is 0 Å². The molecule has 0 aliphatic rings. The molecule has 0 saturated carbocycles. The van der Waals surface area contributed by atoms with Gasteiger partial charge in [0.15, 0.2) is 0 Å². The van der Waals surface area contributed by atoms with Gasteiger partial charge in [-0.05, 0) is 17.7 Å². The van der Waals surface area contributed by atoms with Gasteiger partial charge in [-0.1, -0.05) is 36.4 Å². The van der Waals surface area contributed by atoms with Crippen LogP contribution in [0.25, 0.3) is 0 Å². The van der Waals surface area contributed by atoms with Gasteiger partial charge in [-0.25, -0.2) is 0 Å². The van der Waals surface area contributed by atoms with Crippen molar-refractivity contribution in [2.24, 2.45) is 0 Å². The summed E-state index contributed by atoms with van der Waals surface area (Å²) < 4.78 is 0. The van der Waals surface area contributed by atoms with E-state index in [0.29, 0.717) is 6.41 Å². The average Bonchev–Trinajstić information content (AvgIpc) is 2.38. The molecule has 0 aliphatic carbocycles. The normalized spacial score (nSPS) is 11.8. The smallest absolute Gasteiger partial charge is 0.207 e. The molecule has 1 amide bonds. The molecule has 1 aromatic heterocycles. The second-order valence-corrected chi connectivity index (χ2v) is 3.38. The lowest BCUT2D eigenvalue weighted by molar-refractivity contribution is -0.110. The van der Waals surface area contributed by atoms with Crippen LogP contribution in [0.1, 0.15) is 17.3 Å². The molecule has 0 radical (unpaired) electrons. The van der Waals surface area contributed by atoms with Crippen LogP contribution in [0.15, 0.2) is 54.7 Å². The van der Waals surface area contributed by atoms with Crippen molar-refractivity contribution in [2.75, 3.05) is 0 Å². The zero-order chi connectivity index (χ0) is 11.2. The van der Waals surface area contributed by atoms with Crippen LogP contribution in [0.2, 0.25) is 0 Å². The fraction of sp³-hybridized carbons (Fsp3) is 0.0769. The molecule has 1 unspecified atom stereocenters. The standard InChI is InChI=1S/C13H12N2O/c16-10-15-13(11-6-2-1-3-7-11)12-8-4-5-9-14-12/h1-10,13H,(H,15,16). The Morgan fingerprint density at radius 1 is 1.06 bits per heavy atom. The van der Waals surface area contributed by atoms with Gasteiger partial charge in [0.2, 0.25) is 6.41 Å². The molecule has 80 valence electrons. The monoisotopic (exact) mass is 212 g/mol. The Labute approximate surface area is 94.1 Å². The topological polar surface area (TPSA) is 42.0 Å². The SMILES string of the molecule is O=CNC(c1ccccc1)c1ccccn1. The van der Waals surface area contributed by atoms with Gasteiger partial charge < -0.3 is 5.32 Å². The molecule has 0 fully saturated rings. The second kappa shape index (κ2) is 5.07. The van der Waals surface area contributed by atoms with Crippen molar-refractivity contribution in [3.05, 3.63) is 66.0 Å². The fourth-order valence-corrected chi connectivity index (χ4v) is 1.61. The van der Waals surface area contributed by atoms with Crippen molar-refractivity contribution >= 4 is 6.41 Å². The van der Waals surface area contributed by atoms with Crippen LogP contribution in [-0.2, 0) is 4.79 Å². The molecule has 1 heterocycles. The number of pyridine rings is 1. The molecular weight excluding hydrogens is 200 g/mol. The Bertz CT molecular complexity index is 403. The van der Waals surface area contributed by atoms with E-state index in [9.17, 15) is 4.79 Å². The van der Waals surface area contributed by atoms with E-state index in [-0.39, 0.29) is 6.04 Å². The van der Waals surface area contributed by atoms with Gasteiger partial charge in [0.1, 0.15) is 0 Å². The first-order valence-corrected chi connectivity index (χ1v) is 5.07. The zero-order valence-corrected chi connectivity index (χ0v) is 8.71. The number of rotatable bonds is 4. The Morgan fingerprint density at radius 3 is 2.44 bits per heavy atom. The summed E-state index contributed by atoms with van der Waals surface area (Å²) in [5.41, 5.74) is 1.86. The van der Waals surface area contributed by atoms with E-state index in [4.69, 9.17) is 0 Å². The fourth-order valence-electron chi connectivity index (χ4n) is 1.61. The van der Waals surface area contributed by atoms with Gasteiger partial charge in [-0.3, -0.25) is 9.78 Å². The Kier molecular flexibility index (Phi) is 3.28. The predicted octanol–water partition coefficient (Wildman–Crippen LogP) is 1.92. The summed E-state index contributed by atoms with van der Waals surface area (Å²) in [5, 5.41) is 2.77.